The number of hydrogen-bond donors (Lipinski definition) is 1. The van der Waals surface area contributed by atoms with Gasteiger partial charge in [0.1, 0.15) is 0 Å². The maximum atomic E-state index is 12.5. The van der Waals surface area contributed by atoms with E-state index in [0.29, 0.717) is 12.5 Å². The van der Waals surface area contributed by atoms with Gasteiger partial charge in [-0.15, -0.1) is 11.8 Å². The number of rotatable bonds is 8. The highest BCUT2D eigenvalue weighted by molar-refractivity contribution is 8.00. The zero-order valence-corrected chi connectivity index (χ0v) is 17.4. The van der Waals surface area contributed by atoms with Crippen molar-refractivity contribution in [2.75, 3.05) is 19.6 Å². The molecule has 1 amide bonds. The summed E-state index contributed by atoms with van der Waals surface area (Å²) in [5, 5.41) is 13.6. The molecule has 0 saturated carbocycles. The van der Waals surface area contributed by atoms with Crippen LogP contribution in [-0.4, -0.2) is 40.6 Å². The van der Waals surface area contributed by atoms with E-state index in [-0.39, 0.29) is 16.8 Å². The first-order valence-corrected chi connectivity index (χ1v) is 10.8. The van der Waals surface area contributed by atoms with Crippen molar-refractivity contribution in [3.05, 3.63) is 70.3 Å². The predicted octanol–water partition coefficient (Wildman–Crippen LogP) is 4.10. The monoisotopic (exact) mass is 413 g/mol. The first kappa shape index (κ1) is 21.3. The number of nitro benzene ring substituents is 1. The minimum Gasteiger partial charge on any atom is -0.355 e. The Morgan fingerprint density at radius 2 is 1.97 bits per heavy atom. The molecule has 2 aromatic carbocycles. The Balaban J connectivity index is 1.43. The fourth-order valence-electron chi connectivity index (χ4n) is 3.60. The topological polar surface area (TPSA) is 75.5 Å². The molecule has 7 heteroatoms. The van der Waals surface area contributed by atoms with Gasteiger partial charge in [0.25, 0.3) is 5.69 Å². The molecule has 0 aromatic heterocycles. The third-order valence-electron chi connectivity index (χ3n) is 5.15. The van der Waals surface area contributed by atoms with Gasteiger partial charge in [-0.3, -0.25) is 19.8 Å². The molecule has 3 rings (SSSR count). The Labute approximate surface area is 175 Å². The molecular weight excluding hydrogens is 386 g/mol. The SMILES string of the molecule is CC(Sc1ccc([N+](=O)[O-])cc1)C(=O)NCC1CCCN(Cc2ccccc2)C1. The largest absolute Gasteiger partial charge is 0.355 e. The van der Waals surface area contributed by atoms with Crippen molar-refractivity contribution in [2.24, 2.45) is 5.92 Å². The Hall–Kier alpha value is -2.38. The summed E-state index contributed by atoms with van der Waals surface area (Å²) >= 11 is 1.42. The number of carbonyl (C=O) groups is 1. The van der Waals surface area contributed by atoms with E-state index in [1.807, 2.05) is 13.0 Å². The highest BCUT2D eigenvalue weighted by atomic mass is 32.2. The van der Waals surface area contributed by atoms with Crippen molar-refractivity contribution in [2.45, 2.75) is 36.5 Å². The van der Waals surface area contributed by atoms with Gasteiger partial charge in [0, 0.05) is 36.7 Å². The smallest absolute Gasteiger partial charge is 0.269 e. The van der Waals surface area contributed by atoms with E-state index in [1.165, 1.54) is 29.5 Å². The Kier molecular flexibility index (Phi) is 7.66. The lowest BCUT2D eigenvalue weighted by molar-refractivity contribution is -0.384. The lowest BCUT2D eigenvalue weighted by Gasteiger charge is -2.33. The van der Waals surface area contributed by atoms with Crippen molar-refractivity contribution in [3.8, 4) is 0 Å². The number of likely N-dealkylation sites (tertiary alicyclic amines) is 1. The molecule has 2 unspecified atom stereocenters. The van der Waals surface area contributed by atoms with E-state index in [2.05, 4.69) is 34.5 Å². The van der Waals surface area contributed by atoms with Crippen molar-refractivity contribution >= 4 is 23.4 Å². The van der Waals surface area contributed by atoms with Gasteiger partial charge in [-0.25, -0.2) is 0 Å². The van der Waals surface area contributed by atoms with Gasteiger partial charge < -0.3 is 5.32 Å². The number of amides is 1. The average Bonchev–Trinajstić information content (AvgIpc) is 2.73. The quantitative estimate of drug-likeness (QED) is 0.401. The lowest BCUT2D eigenvalue weighted by atomic mass is 9.97. The van der Waals surface area contributed by atoms with Crippen molar-refractivity contribution < 1.29 is 9.72 Å². The maximum absolute atomic E-state index is 12.5. The minimum absolute atomic E-state index is 0.00790. The fourth-order valence-corrected chi connectivity index (χ4v) is 4.49. The van der Waals surface area contributed by atoms with Crippen LogP contribution in [0.3, 0.4) is 0 Å². The Morgan fingerprint density at radius 1 is 1.24 bits per heavy atom. The molecule has 1 aliphatic heterocycles. The number of nitro groups is 1. The Morgan fingerprint density at radius 3 is 2.66 bits per heavy atom. The summed E-state index contributed by atoms with van der Waals surface area (Å²) in [6, 6.07) is 16.8. The fraction of sp³-hybridized carbons (Fsp3) is 0.409. The number of piperidine rings is 1. The number of hydrogen-bond acceptors (Lipinski definition) is 5. The molecule has 0 aliphatic carbocycles. The molecule has 0 radical (unpaired) electrons. The molecule has 0 bridgehead atoms. The zero-order chi connectivity index (χ0) is 20.6. The van der Waals surface area contributed by atoms with Crippen LogP contribution >= 0.6 is 11.8 Å². The third-order valence-corrected chi connectivity index (χ3v) is 6.26. The molecule has 154 valence electrons. The van der Waals surface area contributed by atoms with E-state index in [0.717, 1.165) is 37.4 Å². The molecular formula is C22H27N3O3S. The van der Waals surface area contributed by atoms with E-state index in [9.17, 15) is 14.9 Å². The van der Waals surface area contributed by atoms with Gasteiger partial charge >= 0.3 is 0 Å². The molecule has 6 nitrogen and oxygen atoms in total. The van der Waals surface area contributed by atoms with Crippen LogP contribution in [0.25, 0.3) is 0 Å². The van der Waals surface area contributed by atoms with Crippen LogP contribution in [0.1, 0.15) is 25.3 Å². The van der Waals surface area contributed by atoms with Gasteiger partial charge in [0.05, 0.1) is 10.2 Å². The van der Waals surface area contributed by atoms with Gasteiger partial charge in [-0.05, 0) is 49.9 Å². The van der Waals surface area contributed by atoms with Crippen LogP contribution in [0, 0.1) is 16.0 Å². The van der Waals surface area contributed by atoms with Crippen LogP contribution in [-0.2, 0) is 11.3 Å². The molecule has 2 aromatic rings. The standard InChI is InChI=1S/C22H27N3O3S/c1-17(29-21-11-9-20(10-12-21)25(27)28)22(26)23-14-19-8-5-13-24(16-19)15-18-6-3-2-4-7-18/h2-4,6-7,9-12,17,19H,5,8,13-16H2,1H3,(H,23,26). The second kappa shape index (κ2) is 10.4. The number of non-ortho nitro benzene ring substituents is 1. The zero-order valence-electron chi connectivity index (χ0n) is 16.6. The summed E-state index contributed by atoms with van der Waals surface area (Å²) in [6.07, 6.45) is 2.29. The highest BCUT2D eigenvalue weighted by Crippen LogP contribution is 2.25. The summed E-state index contributed by atoms with van der Waals surface area (Å²) in [6.45, 7) is 5.61. The molecule has 1 saturated heterocycles. The van der Waals surface area contributed by atoms with Gasteiger partial charge in [-0.1, -0.05) is 30.3 Å². The summed E-state index contributed by atoms with van der Waals surface area (Å²) in [4.78, 5) is 26.1. The second-order valence-corrected chi connectivity index (χ2v) is 8.90. The maximum Gasteiger partial charge on any atom is 0.269 e. The van der Waals surface area contributed by atoms with Gasteiger partial charge in [-0.2, -0.15) is 0 Å². The summed E-state index contributed by atoms with van der Waals surface area (Å²) in [5.74, 6) is 0.474. The van der Waals surface area contributed by atoms with E-state index < -0.39 is 4.92 Å². The van der Waals surface area contributed by atoms with Crippen LogP contribution in [0.2, 0.25) is 0 Å². The number of nitrogens with one attached hydrogen (secondary N) is 1. The minimum atomic E-state index is -0.421. The molecule has 1 fully saturated rings. The summed E-state index contributed by atoms with van der Waals surface area (Å²) in [7, 11) is 0. The third kappa shape index (κ3) is 6.58. The van der Waals surface area contributed by atoms with E-state index in [1.54, 1.807) is 12.1 Å². The van der Waals surface area contributed by atoms with Crippen molar-refractivity contribution in [1.29, 1.82) is 0 Å². The van der Waals surface area contributed by atoms with Crippen LogP contribution < -0.4 is 5.32 Å². The molecule has 2 atom stereocenters. The number of carbonyl (C=O) groups excluding carboxylic acids is 1. The van der Waals surface area contributed by atoms with Gasteiger partial charge in [0.15, 0.2) is 0 Å². The molecule has 1 heterocycles. The first-order chi connectivity index (χ1) is 14.0. The van der Waals surface area contributed by atoms with Crippen LogP contribution in [0.5, 0.6) is 0 Å². The van der Waals surface area contributed by atoms with Crippen molar-refractivity contribution in [1.82, 2.24) is 10.2 Å². The molecule has 1 aliphatic rings. The normalized spacial score (nSPS) is 18.2. The average molecular weight is 414 g/mol. The Bertz CT molecular complexity index is 814. The molecule has 1 N–H and O–H groups in total. The second-order valence-electron chi connectivity index (χ2n) is 7.49. The van der Waals surface area contributed by atoms with E-state index in [4.69, 9.17) is 0 Å². The lowest BCUT2D eigenvalue weighted by Crippen LogP contribution is -2.42. The number of benzene rings is 2. The van der Waals surface area contributed by atoms with Crippen LogP contribution in [0.4, 0.5) is 5.69 Å². The summed E-state index contributed by atoms with van der Waals surface area (Å²) < 4.78 is 0. The number of nitrogens with zero attached hydrogens (tertiary/aromatic N) is 2. The summed E-state index contributed by atoms with van der Waals surface area (Å²) in [5.41, 5.74) is 1.38. The first-order valence-electron chi connectivity index (χ1n) is 9.96. The molecule has 29 heavy (non-hydrogen) atoms. The predicted molar refractivity (Wildman–Crippen MR) is 116 cm³/mol. The van der Waals surface area contributed by atoms with Gasteiger partial charge in [0.2, 0.25) is 5.91 Å². The number of thioether (sulfide) groups is 1. The van der Waals surface area contributed by atoms with Crippen LogP contribution in [0.15, 0.2) is 59.5 Å². The molecule has 0 spiro atoms. The van der Waals surface area contributed by atoms with E-state index >= 15 is 0 Å². The highest BCUT2D eigenvalue weighted by Gasteiger charge is 2.22. The van der Waals surface area contributed by atoms with Crippen molar-refractivity contribution in [3.63, 3.8) is 0 Å².